The summed E-state index contributed by atoms with van der Waals surface area (Å²) in [5.74, 6) is -0.617. The lowest BCUT2D eigenvalue weighted by atomic mass is 10.1. The molecule has 1 heterocycles. The van der Waals surface area contributed by atoms with Gasteiger partial charge in [-0.1, -0.05) is 35.5 Å². The second-order valence-electron chi connectivity index (χ2n) is 6.43. The molecular weight excluding hydrogens is 422 g/mol. The zero-order valence-corrected chi connectivity index (χ0v) is 17.4. The van der Waals surface area contributed by atoms with Crippen LogP contribution in [0.15, 0.2) is 46.9 Å². The smallest absolute Gasteiger partial charge is 0.278 e. The molecule has 0 unspecified atom stereocenters. The highest BCUT2D eigenvalue weighted by molar-refractivity contribution is 9.10. The standard InChI is InChI=1S/C20H20BrN5O2/c1-12-7-6-8-13(2)18(12)23-20(28)19-14(3)26(25-24-19)11-17(27)22-16-10-5-4-9-15(16)21/h4-10H,11H2,1-3H3,(H,22,27)(H,23,28). The first kappa shape index (κ1) is 19.8. The zero-order valence-electron chi connectivity index (χ0n) is 15.8. The van der Waals surface area contributed by atoms with Gasteiger partial charge in [-0.3, -0.25) is 9.59 Å². The van der Waals surface area contributed by atoms with Gasteiger partial charge in [0.1, 0.15) is 6.54 Å². The number of nitrogens with one attached hydrogen (secondary N) is 2. The first-order chi connectivity index (χ1) is 13.4. The van der Waals surface area contributed by atoms with Crippen LogP contribution in [0.1, 0.15) is 27.3 Å². The Kier molecular flexibility index (Phi) is 5.89. The third-order valence-electron chi connectivity index (χ3n) is 4.36. The fraction of sp³-hybridized carbons (Fsp3) is 0.200. The van der Waals surface area contributed by atoms with Crippen LogP contribution in [0.3, 0.4) is 0 Å². The molecule has 1 aromatic heterocycles. The van der Waals surface area contributed by atoms with Crippen molar-refractivity contribution in [3.63, 3.8) is 0 Å². The van der Waals surface area contributed by atoms with Gasteiger partial charge in [0, 0.05) is 10.2 Å². The summed E-state index contributed by atoms with van der Waals surface area (Å²) in [4.78, 5) is 25.0. The number of para-hydroxylation sites is 2. The van der Waals surface area contributed by atoms with Crippen LogP contribution in [-0.4, -0.2) is 26.8 Å². The van der Waals surface area contributed by atoms with Gasteiger partial charge in [0.25, 0.3) is 5.91 Å². The maximum Gasteiger partial charge on any atom is 0.278 e. The van der Waals surface area contributed by atoms with E-state index < -0.39 is 0 Å². The van der Waals surface area contributed by atoms with E-state index in [4.69, 9.17) is 0 Å². The van der Waals surface area contributed by atoms with Crippen molar-refractivity contribution in [2.24, 2.45) is 0 Å². The maximum absolute atomic E-state index is 12.6. The first-order valence-electron chi connectivity index (χ1n) is 8.69. The average molecular weight is 442 g/mol. The molecule has 3 aromatic rings. The third kappa shape index (κ3) is 4.28. The van der Waals surface area contributed by atoms with Crippen LogP contribution in [0.2, 0.25) is 0 Å². The van der Waals surface area contributed by atoms with Crippen LogP contribution in [0.4, 0.5) is 11.4 Å². The van der Waals surface area contributed by atoms with Gasteiger partial charge in [-0.2, -0.15) is 0 Å². The van der Waals surface area contributed by atoms with Crippen LogP contribution in [0.25, 0.3) is 0 Å². The number of rotatable bonds is 5. The van der Waals surface area contributed by atoms with E-state index in [1.807, 2.05) is 50.2 Å². The monoisotopic (exact) mass is 441 g/mol. The summed E-state index contributed by atoms with van der Waals surface area (Å²) < 4.78 is 2.19. The van der Waals surface area contributed by atoms with Crippen molar-refractivity contribution in [2.75, 3.05) is 10.6 Å². The molecule has 0 saturated carbocycles. The van der Waals surface area contributed by atoms with Gasteiger partial charge in [0.05, 0.1) is 11.4 Å². The maximum atomic E-state index is 12.6. The molecule has 28 heavy (non-hydrogen) atoms. The second kappa shape index (κ2) is 8.35. The second-order valence-corrected chi connectivity index (χ2v) is 7.28. The van der Waals surface area contributed by atoms with E-state index in [0.29, 0.717) is 11.4 Å². The van der Waals surface area contributed by atoms with Crippen LogP contribution in [-0.2, 0) is 11.3 Å². The number of amides is 2. The van der Waals surface area contributed by atoms with Gasteiger partial charge in [-0.05, 0) is 60.0 Å². The zero-order chi connectivity index (χ0) is 20.3. The van der Waals surface area contributed by atoms with Gasteiger partial charge in [-0.15, -0.1) is 5.10 Å². The lowest BCUT2D eigenvalue weighted by Gasteiger charge is -2.11. The quantitative estimate of drug-likeness (QED) is 0.628. The van der Waals surface area contributed by atoms with Gasteiger partial charge in [0.2, 0.25) is 5.91 Å². The van der Waals surface area contributed by atoms with Gasteiger partial charge in [-0.25, -0.2) is 4.68 Å². The van der Waals surface area contributed by atoms with E-state index in [0.717, 1.165) is 21.3 Å². The van der Waals surface area contributed by atoms with E-state index in [-0.39, 0.29) is 24.1 Å². The Morgan fingerprint density at radius 2 is 1.68 bits per heavy atom. The third-order valence-corrected chi connectivity index (χ3v) is 5.05. The molecule has 8 heteroatoms. The van der Waals surface area contributed by atoms with Crippen molar-refractivity contribution >= 4 is 39.1 Å². The van der Waals surface area contributed by atoms with Crippen molar-refractivity contribution in [1.82, 2.24) is 15.0 Å². The Morgan fingerprint density at radius 3 is 2.36 bits per heavy atom. The minimum atomic E-state index is -0.354. The summed E-state index contributed by atoms with van der Waals surface area (Å²) in [6, 6.07) is 13.1. The summed E-state index contributed by atoms with van der Waals surface area (Å²) in [6.07, 6.45) is 0. The van der Waals surface area contributed by atoms with Crippen LogP contribution < -0.4 is 10.6 Å². The normalized spacial score (nSPS) is 10.6. The van der Waals surface area contributed by atoms with Crippen LogP contribution in [0.5, 0.6) is 0 Å². The highest BCUT2D eigenvalue weighted by atomic mass is 79.9. The molecule has 2 amide bonds. The molecule has 0 aliphatic carbocycles. The highest BCUT2D eigenvalue weighted by Crippen LogP contribution is 2.22. The molecule has 0 spiro atoms. The summed E-state index contributed by atoms with van der Waals surface area (Å²) >= 11 is 3.39. The topological polar surface area (TPSA) is 88.9 Å². The Morgan fingerprint density at radius 1 is 1.00 bits per heavy atom. The number of nitrogens with zero attached hydrogens (tertiary/aromatic N) is 3. The van der Waals surface area contributed by atoms with E-state index in [1.54, 1.807) is 13.0 Å². The Labute approximate surface area is 171 Å². The molecule has 0 fully saturated rings. The van der Waals surface area contributed by atoms with Crippen LogP contribution in [0, 0.1) is 20.8 Å². The van der Waals surface area contributed by atoms with Crippen molar-refractivity contribution < 1.29 is 9.59 Å². The number of aromatic nitrogens is 3. The minimum Gasteiger partial charge on any atom is -0.323 e. The Hall–Kier alpha value is -3.00. The molecule has 0 radical (unpaired) electrons. The fourth-order valence-electron chi connectivity index (χ4n) is 2.79. The van der Waals surface area contributed by atoms with E-state index in [2.05, 4.69) is 36.9 Å². The molecule has 7 nitrogen and oxygen atoms in total. The number of hydrogen-bond donors (Lipinski definition) is 2. The van der Waals surface area contributed by atoms with Crippen molar-refractivity contribution in [1.29, 1.82) is 0 Å². The SMILES string of the molecule is Cc1cccc(C)c1NC(=O)c1nnn(CC(=O)Nc2ccccc2Br)c1C. The van der Waals surface area contributed by atoms with Crippen LogP contribution >= 0.6 is 15.9 Å². The van der Waals surface area contributed by atoms with E-state index >= 15 is 0 Å². The lowest BCUT2D eigenvalue weighted by Crippen LogP contribution is -2.21. The summed E-state index contributed by atoms with van der Waals surface area (Å²) in [7, 11) is 0. The number of halogens is 1. The molecule has 144 valence electrons. The summed E-state index contributed by atoms with van der Waals surface area (Å²) in [5, 5.41) is 13.6. The van der Waals surface area contributed by atoms with Crippen molar-refractivity contribution in [3.8, 4) is 0 Å². The molecule has 0 aliphatic heterocycles. The van der Waals surface area contributed by atoms with Crippen molar-refractivity contribution in [2.45, 2.75) is 27.3 Å². The number of carbonyl (C=O) groups excluding carboxylic acids is 2. The number of benzene rings is 2. The largest absolute Gasteiger partial charge is 0.323 e. The van der Waals surface area contributed by atoms with Gasteiger partial charge < -0.3 is 10.6 Å². The number of aryl methyl sites for hydroxylation is 2. The molecule has 2 aromatic carbocycles. The molecule has 0 saturated heterocycles. The van der Waals surface area contributed by atoms with E-state index in [1.165, 1.54) is 4.68 Å². The summed E-state index contributed by atoms with van der Waals surface area (Å²) in [6.45, 7) is 5.53. The highest BCUT2D eigenvalue weighted by Gasteiger charge is 2.19. The first-order valence-corrected chi connectivity index (χ1v) is 9.48. The van der Waals surface area contributed by atoms with E-state index in [9.17, 15) is 9.59 Å². The number of carbonyl (C=O) groups is 2. The number of anilines is 2. The summed E-state index contributed by atoms with van der Waals surface area (Å²) in [5.41, 5.74) is 4.06. The average Bonchev–Trinajstić information content (AvgIpc) is 3.01. The fourth-order valence-corrected chi connectivity index (χ4v) is 3.18. The van der Waals surface area contributed by atoms with Gasteiger partial charge >= 0.3 is 0 Å². The molecule has 2 N–H and O–H groups in total. The predicted molar refractivity (Wildman–Crippen MR) is 111 cm³/mol. The Balaban J connectivity index is 1.72. The minimum absolute atomic E-state index is 0.0448. The molecule has 0 bridgehead atoms. The molecule has 3 rings (SSSR count). The number of hydrogen-bond acceptors (Lipinski definition) is 4. The molecule has 0 aliphatic rings. The predicted octanol–water partition coefficient (Wildman–Crippen LogP) is 3.86. The lowest BCUT2D eigenvalue weighted by molar-refractivity contribution is -0.117. The molecular formula is C20H20BrN5O2. The van der Waals surface area contributed by atoms with Crippen molar-refractivity contribution in [3.05, 3.63) is 69.5 Å². The molecule has 0 atom stereocenters. The van der Waals surface area contributed by atoms with Gasteiger partial charge in [0.15, 0.2) is 5.69 Å². The Bertz CT molecular complexity index is 1020.